The van der Waals surface area contributed by atoms with Crippen LogP contribution in [-0.2, 0) is 19.3 Å². The SMILES string of the molecule is CCc1cc(-c2cc(O)cc(O)c2)c(O)c(CC)c1CC. The molecule has 2 aromatic rings. The molecule has 0 unspecified atom stereocenters. The zero-order chi connectivity index (χ0) is 15.6. The van der Waals surface area contributed by atoms with Crippen molar-refractivity contribution in [1.29, 1.82) is 0 Å². The molecule has 0 saturated heterocycles. The Hall–Kier alpha value is -2.16. The highest BCUT2D eigenvalue weighted by molar-refractivity contribution is 5.76. The van der Waals surface area contributed by atoms with Crippen molar-refractivity contribution in [3.05, 3.63) is 41.0 Å². The smallest absolute Gasteiger partial charge is 0.126 e. The molecule has 0 aliphatic heterocycles. The van der Waals surface area contributed by atoms with Gasteiger partial charge in [0.15, 0.2) is 0 Å². The van der Waals surface area contributed by atoms with E-state index in [1.807, 2.05) is 13.0 Å². The van der Waals surface area contributed by atoms with Gasteiger partial charge in [0, 0.05) is 11.6 Å². The molecule has 3 heteroatoms. The van der Waals surface area contributed by atoms with Crippen LogP contribution in [0, 0.1) is 0 Å². The Morgan fingerprint density at radius 1 is 0.714 bits per heavy atom. The Morgan fingerprint density at radius 2 is 1.29 bits per heavy atom. The minimum atomic E-state index is -0.0138. The highest BCUT2D eigenvalue weighted by Gasteiger charge is 2.16. The number of benzene rings is 2. The van der Waals surface area contributed by atoms with Crippen LogP contribution >= 0.6 is 0 Å². The Labute approximate surface area is 125 Å². The van der Waals surface area contributed by atoms with Crippen LogP contribution in [0.1, 0.15) is 37.5 Å². The minimum absolute atomic E-state index is 0.0138. The summed E-state index contributed by atoms with van der Waals surface area (Å²) in [6.07, 6.45) is 2.51. The number of aromatic hydroxyl groups is 3. The summed E-state index contributed by atoms with van der Waals surface area (Å²) in [5, 5.41) is 29.9. The van der Waals surface area contributed by atoms with Crippen LogP contribution in [0.5, 0.6) is 17.2 Å². The molecule has 3 N–H and O–H groups in total. The van der Waals surface area contributed by atoms with Crippen molar-refractivity contribution in [2.45, 2.75) is 40.0 Å². The average Bonchev–Trinajstić information content (AvgIpc) is 2.45. The molecule has 0 atom stereocenters. The lowest BCUT2D eigenvalue weighted by Crippen LogP contribution is -2.00. The maximum Gasteiger partial charge on any atom is 0.126 e. The van der Waals surface area contributed by atoms with Crippen LogP contribution in [0.15, 0.2) is 24.3 Å². The van der Waals surface area contributed by atoms with Gasteiger partial charge in [-0.3, -0.25) is 0 Å². The summed E-state index contributed by atoms with van der Waals surface area (Å²) in [5.74, 6) is 0.219. The monoisotopic (exact) mass is 286 g/mol. The summed E-state index contributed by atoms with van der Waals surface area (Å²) >= 11 is 0. The maximum atomic E-state index is 10.6. The summed E-state index contributed by atoms with van der Waals surface area (Å²) in [6.45, 7) is 6.21. The average molecular weight is 286 g/mol. The largest absolute Gasteiger partial charge is 0.508 e. The van der Waals surface area contributed by atoms with E-state index in [2.05, 4.69) is 13.8 Å². The fourth-order valence-corrected chi connectivity index (χ4v) is 2.94. The number of phenolic OH excluding ortho intramolecular Hbond substituents is 3. The Morgan fingerprint density at radius 3 is 1.76 bits per heavy atom. The van der Waals surface area contributed by atoms with Gasteiger partial charge in [0.2, 0.25) is 0 Å². The molecular weight excluding hydrogens is 264 g/mol. The molecule has 21 heavy (non-hydrogen) atoms. The molecule has 0 aromatic heterocycles. The molecule has 0 aliphatic rings. The van der Waals surface area contributed by atoms with Crippen molar-refractivity contribution < 1.29 is 15.3 Å². The fraction of sp³-hybridized carbons (Fsp3) is 0.333. The lowest BCUT2D eigenvalue weighted by Gasteiger charge is -2.18. The molecule has 3 nitrogen and oxygen atoms in total. The Kier molecular flexibility index (Phi) is 4.41. The highest BCUT2D eigenvalue weighted by atomic mass is 16.3. The number of hydrogen-bond acceptors (Lipinski definition) is 3. The van der Waals surface area contributed by atoms with E-state index in [0.717, 1.165) is 24.8 Å². The second kappa shape index (κ2) is 6.08. The van der Waals surface area contributed by atoms with E-state index in [0.29, 0.717) is 11.1 Å². The van der Waals surface area contributed by atoms with E-state index in [1.54, 1.807) is 12.1 Å². The number of rotatable bonds is 4. The van der Waals surface area contributed by atoms with Crippen molar-refractivity contribution >= 4 is 0 Å². The van der Waals surface area contributed by atoms with E-state index in [4.69, 9.17) is 0 Å². The van der Waals surface area contributed by atoms with Crippen molar-refractivity contribution in [3.63, 3.8) is 0 Å². The molecule has 0 saturated carbocycles. The third kappa shape index (κ3) is 2.82. The molecule has 0 amide bonds. The molecule has 2 aromatic carbocycles. The predicted octanol–water partition coefficient (Wildman–Crippen LogP) is 4.16. The van der Waals surface area contributed by atoms with Crippen molar-refractivity contribution in [3.8, 4) is 28.4 Å². The van der Waals surface area contributed by atoms with Crippen molar-refractivity contribution in [2.75, 3.05) is 0 Å². The summed E-state index contributed by atoms with van der Waals surface area (Å²) < 4.78 is 0. The van der Waals surface area contributed by atoms with E-state index < -0.39 is 0 Å². The summed E-state index contributed by atoms with van der Waals surface area (Å²) in [5.41, 5.74) is 4.63. The second-order valence-corrected chi connectivity index (χ2v) is 5.19. The van der Waals surface area contributed by atoms with Gasteiger partial charge < -0.3 is 15.3 Å². The summed E-state index contributed by atoms with van der Waals surface area (Å²) in [4.78, 5) is 0. The van der Waals surface area contributed by atoms with E-state index >= 15 is 0 Å². The molecule has 0 fully saturated rings. The lowest BCUT2D eigenvalue weighted by molar-refractivity contribution is 0.450. The van der Waals surface area contributed by atoms with Gasteiger partial charge in [0.05, 0.1) is 0 Å². The second-order valence-electron chi connectivity index (χ2n) is 5.19. The normalized spacial score (nSPS) is 10.8. The van der Waals surface area contributed by atoms with Gasteiger partial charge >= 0.3 is 0 Å². The number of aryl methyl sites for hydroxylation is 1. The van der Waals surface area contributed by atoms with Crippen LogP contribution < -0.4 is 0 Å². The first kappa shape index (κ1) is 15.2. The van der Waals surface area contributed by atoms with Gasteiger partial charge in [-0.2, -0.15) is 0 Å². The molecular formula is C18H22O3. The van der Waals surface area contributed by atoms with Gasteiger partial charge in [-0.25, -0.2) is 0 Å². The molecule has 0 radical (unpaired) electrons. The topological polar surface area (TPSA) is 60.7 Å². The summed E-state index contributed by atoms with van der Waals surface area (Å²) in [7, 11) is 0. The minimum Gasteiger partial charge on any atom is -0.508 e. The van der Waals surface area contributed by atoms with Crippen LogP contribution in [-0.4, -0.2) is 15.3 Å². The van der Waals surface area contributed by atoms with Crippen LogP contribution in [0.4, 0.5) is 0 Å². The first-order valence-corrected chi connectivity index (χ1v) is 7.41. The molecule has 2 rings (SSSR count). The van der Waals surface area contributed by atoms with Gasteiger partial charge in [0.1, 0.15) is 17.2 Å². The van der Waals surface area contributed by atoms with Gasteiger partial charge in [-0.15, -0.1) is 0 Å². The zero-order valence-electron chi connectivity index (χ0n) is 12.8. The van der Waals surface area contributed by atoms with E-state index in [1.165, 1.54) is 17.2 Å². The predicted molar refractivity (Wildman–Crippen MR) is 85.0 cm³/mol. The van der Waals surface area contributed by atoms with Crippen LogP contribution in [0.25, 0.3) is 11.1 Å². The quantitative estimate of drug-likeness (QED) is 0.791. The lowest BCUT2D eigenvalue weighted by atomic mass is 9.89. The van der Waals surface area contributed by atoms with Crippen molar-refractivity contribution in [2.24, 2.45) is 0 Å². The van der Waals surface area contributed by atoms with Gasteiger partial charge in [-0.1, -0.05) is 20.8 Å². The molecule has 0 aliphatic carbocycles. The molecule has 0 bridgehead atoms. The van der Waals surface area contributed by atoms with Crippen molar-refractivity contribution in [1.82, 2.24) is 0 Å². The molecule has 0 spiro atoms. The third-order valence-corrected chi connectivity index (χ3v) is 3.91. The third-order valence-electron chi connectivity index (χ3n) is 3.91. The number of phenols is 3. The first-order chi connectivity index (χ1) is 10.0. The van der Waals surface area contributed by atoms with Gasteiger partial charge in [-0.05, 0) is 59.7 Å². The summed E-state index contributed by atoms with van der Waals surface area (Å²) in [6, 6.07) is 6.35. The Balaban J connectivity index is 2.74. The van der Waals surface area contributed by atoms with E-state index in [9.17, 15) is 15.3 Å². The van der Waals surface area contributed by atoms with Crippen LogP contribution in [0.3, 0.4) is 0 Å². The van der Waals surface area contributed by atoms with Crippen LogP contribution in [0.2, 0.25) is 0 Å². The Bertz CT molecular complexity index is 640. The highest BCUT2D eigenvalue weighted by Crippen LogP contribution is 2.39. The van der Waals surface area contributed by atoms with Gasteiger partial charge in [0.25, 0.3) is 0 Å². The molecule has 112 valence electrons. The number of hydrogen-bond donors (Lipinski definition) is 3. The van der Waals surface area contributed by atoms with E-state index in [-0.39, 0.29) is 17.2 Å². The maximum absolute atomic E-state index is 10.6. The zero-order valence-corrected chi connectivity index (χ0v) is 12.8. The standard InChI is InChI=1S/C18H22O3/c1-4-11-9-17(12-7-13(19)10-14(20)8-12)18(21)16(6-3)15(11)5-2/h7-10,19-21H,4-6H2,1-3H3. The fourth-order valence-electron chi connectivity index (χ4n) is 2.94. The first-order valence-electron chi connectivity index (χ1n) is 7.41. The molecule has 0 heterocycles.